The van der Waals surface area contributed by atoms with Crippen LogP contribution in [0.1, 0.15) is 36.3 Å². The van der Waals surface area contributed by atoms with E-state index in [1.807, 2.05) is 13.8 Å². The van der Waals surface area contributed by atoms with Gasteiger partial charge in [-0.1, -0.05) is 17.8 Å². The first-order chi connectivity index (χ1) is 9.90. The minimum Gasteiger partial charge on any atom is -0.369 e. The molecule has 0 aliphatic heterocycles. The Morgan fingerprint density at radius 2 is 2.10 bits per heavy atom. The maximum Gasteiger partial charge on any atom is 0.307 e. The molecule has 0 saturated heterocycles. The molecule has 0 bridgehead atoms. The molecule has 0 aromatic carbocycles. The van der Waals surface area contributed by atoms with Crippen LogP contribution in [0, 0.1) is 19.8 Å². The van der Waals surface area contributed by atoms with Gasteiger partial charge in [0.25, 0.3) is 0 Å². The molecule has 1 fully saturated rings. The molecule has 1 aliphatic carbocycles. The molecule has 2 atom stereocenters. The highest BCUT2D eigenvalue weighted by molar-refractivity contribution is 7.09. The van der Waals surface area contributed by atoms with E-state index >= 15 is 0 Å². The number of hydrogen-bond donors (Lipinski definition) is 2. The van der Waals surface area contributed by atoms with Gasteiger partial charge in [0.1, 0.15) is 0 Å². The fourth-order valence-corrected chi connectivity index (χ4v) is 3.67. The van der Waals surface area contributed by atoms with E-state index in [-0.39, 0.29) is 35.1 Å². The molecule has 0 radical (unpaired) electrons. The quantitative estimate of drug-likeness (QED) is 0.837. The minimum absolute atomic E-state index is 0.0336. The zero-order chi connectivity index (χ0) is 15.6. The summed E-state index contributed by atoms with van der Waals surface area (Å²) in [6.07, 6.45) is 2.66. The van der Waals surface area contributed by atoms with Crippen molar-refractivity contribution in [2.24, 2.45) is 11.7 Å². The molecular formula is C14H21N3O3S. The van der Waals surface area contributed by atoms with Crippen LogP contribution >= 0.6 is 11.3 Å². The first kappa shape index (κ1) is 15.8. The van der Waals surface area contributed by atoms with Gasteiger partial charge < -0.3 is 15.6 Å². The number of carbonyl (C=O) groups excluding carboxylic acids is 2. The first-order valence-electron chi connectivity index (χ1n) is 7.15. The van der Waals surface area contributed by atoms with E-state index in [1.165, 1.54) is 11.3 Å². The molecule has 116 valence electrons. The molecule has 0 unspecified atom stereocenters. The summed E-state index contributed by atoms with van der Waals surface area (Å²) in [7, 11) is 0. The second-order valence-electron chi connectivity index (χ2n) is 5.52. The van der Waals surface area contributed by atoms with Gasteiger partial charge in [-0.2, -0.15) is 0 Å². The highest BCUT2D eigenvalue weighted by atomic mass is 32.1. The van der Waals surface area contributed by atoms with Gasteiger partial charge in [-0.25, -0.2) is 0 Å². The van der Waals surface area contributed by atoms with Crippen molar-refractivity contribution >= 4 is 23.2 Å². The number of hydrogen-bond acceptors (Lipinski definition) is 4. The average molecular weight is 311 g/mol. The molecule has 2 amide bonds. The first-order valence-corrected chi connectivity index (χ1v) is 7.97. The minimum atomic E-state index is -0.349. The Bertz CT molecular complexity index is 605. The Labute approximate surface area is 127 Å². The van der Waals surface area contributed by atoms with Crippen molar-refractivity contribution in [2.45, 2.75) is 52.1 Å². The summed E-state index contributed by atoms with van der Waals surface area (Å²) >= 11 is 1.20. The van der Waals surface area contributed by atoms with Gasteiger partial charge in [0, 0.05) is 29.6 Å². The lowest BCUT2D eigenvalue weighted by Gasteiger charge is -2.18. The van der Waals surface area contributed by atoms with Gasteiger partial charge in [0.15, 0.2) is 0 Å². The molecule has 2 rings (SSSR count). The van der Waals surface area contributed by atoms with Crippen molar-refractivity contribution in [2.75, 3.05) is 0 Å². The van der Waals surface area contributed by atoms with Crippen molar-refractivity contribution in [3.05, 3.63) is 20.2 Å². The van der Waals surface area contributed by atoms with E-state index in [1.54, 1.807) is 4.57 Å². The summed E-state index contributed by atoms with van der Waals surface area (Å²) < 4.78 is 1.62. The molecule has 6 nitrogen and oxygen atoms in total. The van der Waals surface area contributed by atoms with Gasteiger partial charge in [-0.15, -0.1) is 0 Å². The van der Waals surface area contributed by atoms with Gasteiger partial charge in [-0.05, 0) is 26.7 Å². The third kappa shape index (κ3) is 3.53. The predicted octanol–water partition coefficient (Wildman–Crippen LogP) is 0.687. The van der Waals surface area contributed by atoms with Crippen LogP contribution in [-0.4, -0.2) is 22.4 Å². The van der Waals surface area contributed by atoms with Gasteiger partial charge in [-0.3, -0.25) is 14.4 Å². The number of rotatable bonds is 5. The van der Waals surface area contributed by atoms with Crippen LogP contribution in [0.3, 0.4) is 0 Å². The van der Waals surface area contributed by atoms with Crippen molar-refractivity contribution in [1.82, 2.24) is 9.88 Å². The largest absolute Gasteiger partial charge is 0.369 e. The summed E-state index contributed by atoms with van der Waals surface area (Å²) in [4.78, 5) is 36.0. The van der Waals surface area contributed by atoms with Crippen molar-refractivity contribution < 1.29 is 9.59 Å². The number of amides is 2. The Hall–Kier alpha value is -1.63. The zero-order valence-electron chi connectivity index (χ0n) is 12.3. The van der Waals surface area contributed by atoms with Crippen LogP contribution < -0.4 is 15.9 Å². The summed E-state index contributed by atoms with van der Waals surface area (Å²) in [5, 5.41) is 2.87. The van der Waals surface area contributed by atoms with Gasteiger partial charge in [0.05, 0.1) is 5.92 Å². The number of primary amides is 1. The number of nitrogens with one attached hydrogen (secondary N) is 1. The normalized spacial score (nSPS) is 21.4. The van der Waals surface area contributed by atoms with E-state index in [2.05, 4.69) is 5.32 Å². The van der Waals surface area contributed by atoms with Crippen LogP contribution in [-0.2, 0) is 16.1 Å². The van der Waals surface area contributed by atoms with Crippen LogP contribution in [0.5, 0.6) is 0 Å². The number of thiazole rings is 1. The molecule has 3 N–H and O–H groups in total. The number of carbonyl (C=O) groups is 2. The van der Waals surface area contributed by atoms with E-state index in [0.717, 1.165) is 29.8 Å². The number of aromatic nitrogens is 1. The lowest BCUT2D eigenvalue weighted by atomic mass is 10.0. The molecule has 1 aromatic heterocycles. The lowest BCUT2D eigenvalue weighted by molar-refractivity contribution is -0.124. The zero-order valence-corrected chi connectivity index (χ0v) is 13.2. The van der Waals surface area contributed by atoms with Gasteiger partial charge in [0.2, 0.25) is 11.8 Å². The Morgan fingerprint density at radius 1 is 1.38 bits per heavy atom. The van der Waals surface area contributed by atoms with Crippen LogP contribution in [0.4, 0.5) is 0 Å². The molecule has 21 heavy (non-hydrogen) atoms. The molecule has 1 saturated carbocycles. The lowest BCUT2D eigenvalue weighted by Crippen LogP contribution is -2.42. The predicted molar refractivity (Wildman–Crippen MR) is 81.1 cm³/mol. The highest BCUT2D eigenvalue weighted by Crippen LogP contribution is 2.25. The van der Waals surface area contributed by atoms with E-state index in [0.29, 0.717) is 6.54 Å². The smallest absolute Gasteiger partial charge is 0.307 e. The maximum atomic E-state index is 12.0. The van der Waals surface area contributed by atoms with E-state index < -0.39 is 0 Å². The standard InChI is InChI=1S/C14H21N3O3S/c1-8-9(2)21-14(20)17(8)7-6-12(18)16-11-5-3-4-10(11)13(15)19/h10-11H,3-7H2,1-2H3,(H2,15,19)(H,16,18)/t10-,11-/m0/s1. The second-order valence-corrected chi connectivity index (χ2v) is 6.69. The summed E-state index contributed by atoms with van der Waals surface area (Å²) in [5.41, 5.74) is 6.25. The Morgan fingerprint density at radius 3 is 2.67 bits per heavy atom. The van der Waals surface area contributed by atoms with Gasteiger partial charge >= 0.3 is 4.87 Å². The molecule has 7 heteroatoms. The molecule has 1 heterocycles. The SMILES string of the molecule is Cc1sc(=O)n(CCC(=O)N[C@H]2CCC[C@@H]2C(N)=O)c1C. The van der Waals surface area contributed by atoms with E-state index in [4.69, 9.17) is 5.73 Å². The summed E-state index contributed by atoms with van der Waals surface area (Å²) in [6.45, 7) is 4.15. The summed E-state index contributed by atoms with van der Waals surface area (Å²) in [5.74, 6) is -0.747. The number of aryl methyl sites for hydroxylation is 1. The Balaban J connectivity index is 1.91. The third-order valence-electron chi connectivity index (χ3n) is 4.17. The highest BCUT2D eigenvalue weighted by Gasteiger charge is 2.32. The average Bonchev–Trinajstić information content (AvgIpc) is 2.94. The number of nitrogens with zero attached hydrogens (tertiary/aromatic N) is 1. The topological polar surface area (TPSA) is 94.2 Å². The fourth-order valence-electron chi connectivity index (χ4n) is 2.81. The van der Waals surface area contributed by atoms with Crippen molar-refractivity contribution in [1.29, 1.82) is 0 Å². The second kappa shape index (κ2) is 6.43. The van der Waals surface area contributed by atoms with Crippen LogP contribution in [0.15, 0.2) is 4.79 Å². The maximum absolute atomic E-state index is 12.0. The fraction of sp³-hybridized carbons (Fsp3) is 0.643. The monoisotopic (exact) mass is 311 g/mol. The Kier molecular flexibility index (Phi) is 4.82. The molecule has 1 aromatic rings. The van der Waals surface area contributed by atoms with Crippen LogP contribution in [0.25, 0.3) is 0 Å². The summed E-state index contributed by atoms with van der Waals surface area (Å²) in [6, 6.07) is -0.156. The third-order valence-corrected chi connectivity index (χ3v) is 5.16. The molecular weight excluding hydrogens is 290 g/mol. The van der Waals surface area contributed by atoms with Crippen molar-refractivity contribution in [3.8, 4) is 0 Å². The van der Waals surface area contributed by atoms with Crippen molar-refractivity contribution in [3.63, 3.8) is 0 Å². The molecule has 1 aliphatic rings. The number of nitrogens with two attached hydrogens (primary N) is 1. The molecule has 0 spiro atoms. The van der Waals surface area contributed by atoms with E-state index in [9.17, 15) is 14.4 Å². The van der Waals surface area contributed by atoms with Crippen LogP contribution in [0.2, 0.25) is 0 Å².